The van der Waals surface area contributed by atoms with Gasteiger partial charge in [0.15, 0.2) is 0 Å². The highest BCUT2D eigenvalue weighted by Gasteiger charge is 2.15. The van der Waals surface area contributed by atoms with Crippen LogP contribution in [0.2, 0.25) is 0 Å². The highest BCUT2D eigenvalue weighted by atomic mass is 79.9. The number of halogens is 1. The molecule has 2 aromatic rings. The van der Waals surface area contributed by atoms with Crippen molar-refractivity contribution in [1.82, 2.24) is 0 Å². The van der Waals surface area contributed by atoms with Crippen LogP contribution in [-0.2, 0) is 6.42 Å². The summed E-state index contributed by atoms with van der Waals surface area (Å²) < 4.78 is 1.09. The third kappa shape index (κ3) is 3.02. The lowest BCUT2D eigenvalue weighted by atomic mass is 9.94. The SMILES string of the molecule is Cc1cc(C)c(C(O)Cc2cc(Br)cs2)c(C)c1. The topological polar surface area (TPSA) is 20.2 Å². The fourth-order valence-corrected chi connectivity index (χ4v) is 3.96. The number of aliphatic hydroxyl groups excluding tert-OH is 1. The molecule has 1 N–H and O–H groups in total. The Balaban J connectivity index is 2.26. The summed E-state index contributed by atoms with van der Waals surface area (Å²) in [5.41, 5.74) is 4.68. The van der Waals surface area contributed by atoms with Crippen LogP contribution in [0.15, 0.2) is 28.1 Å². The normalized spacial score (nSPS) is 12.7. The molecule has 2 rings (SSSR count). The van der Waals surface area contributed by atoms with Crippen LogP contribution in [-0.4, -0.2) is 5.11 Å². The molecule has 0 aliphatic rings. The van der Waals surface area contributed by atoms with Gasteiger partial charge in [-0.1, -0.05) is 17.7 Å². The Morgan fingerprint density at radius 1 is 1.17 bits per heavy atom. The summed E-state index contributed by atoms with van der Waals surface area (Å²) in [6.07, 6.45) is 0.261. The second-order valence-corrected chi connectivity index (χ2v) is 6.68. The first-order chi connectivity index (χ1) is 8.47. The minimum Gasteiger partial charge on any atom is -0.388 e. The van der Waals surface area contributed by atoms with Crippen molar-refractivity contribution in [2.75, 3.05) is 0 Å². The molecule has 0 saturated carbocycles. The number of thiophene rings is 1. The highest BCUT2D eigenvalue weighted by molar-refractivity contribution is 9.10. The van der Waals surface area contributed by atoms with Gasteiger partial charge in [0.2, 0.25) is 0 Å². The molecule has 0 spiro atoms. The van der Waals surface area contributed by atoms with E-state index in [0.29, 0.717) is 6.42 Å². The van der Waals surface area contributed by atoms with Gasteiger partial charge in [-0.3, -0.25) is 0 Å². The highest BCUT2D eigenvalue weighted by Crippen LogP contribution is 2.29. The molecule has 1 nitrogen and oxygen atoms in total. The molecule has 0 bridgehead atoms. The van der Waals surface area contributed by atoms with E-state index in [1.807, 2.05) is 0 Å². The lowest BCUT2D eigenvalue weighted by molar-refractivity contribution is 0.178. The maximum Gasteiger partial charge on any atom is 0.0843 e. The summed E-state index contributed by atoms with van der Waals surface area (Å²) in [4.78, 5) is 1.20. The monoisotopic (exact) mass is 324 g/mol. The summed E-state index contributed by atoms with van der Waals surface area (Å²) in [6.45, 7) is 6.23. The van der Waals surface area contributed by atoms with E-state index in [-0.39, 0.29) is 0 Å². The predicted molar refractivity (Wildman–Crippen MR) is 81.3 cm³/mol. The standard InChI is InChI=1S/C15H17BrOS/c1-9-4-10(2)15(11(3)5-9)14(17)7-13-6-12(16)8-18-13/h4-6,8,14,17H,7H2,1-3H3. The number of aliphatic hydroxyl groups is 1. The lowest BCUT2D eigenvalue weighted by Crippen LogP contribution is -2.05. The number of aryl methyl sites for hydroxylation is 3. The van der Waals surface area contributed by atoms with Gasteiger partial charge in [-0.15, -0.1) is 11.3 Å². The molecule has 1 heterocycles. The molecular weight excluding hydrogens is 308 g/mol. The van der Waals surface area contributed by atoms with Gasteiger partial charge in [0.1, 0.15) is 0 Å². The fraction of sp³-hybridized carbons (Fsp3) is 0.333. The molecule has 0 aliphatic carbocycles. The number of benzene rings is 1. The van der Waals surface area contributed by atoms with Gasteiger partial charge in [0, 0.05) is 21.2 Å². The fourth-order valence-electron chi connectivity index (χ4n) is 2.47. The molecule has 96 valence electrons. The van der Waals surface area contributed by atoms with E-state index < -0.39 is 6.10 Å². The lowest BCUT2D eigenvalue weighted by Gasteiger charge is -2.17. The molecule has 0 amide bonds. The maximum absolute atomic E-state index is 10.4. The number of hydrogen-bond acceptors (Lipinski definition) is 2. The average Bonchev–Trinajstić information content (AvgIpc) is 2.62. The summed E-state index contributed by atoms with van der Waals surface area (Å²) >= 11 is 5.13. The van der Waals surface area contributed by atoms with Gasteiger partial charge in [-0.25, -0.2) is 0 Å². The summed E-state index contributed by atoms with van der Waals surface area (Å²) in [5, 5.41) is 12.5. The summed E-state index contributed by atoms with van der Waals surface area (Å²) in [7, 11) is 0. The Morgan fingerprint density at radius 3 is 2.28 bits per heavy atom. The molecule has 0 aliphatic heterocycles. The zero-order chi connectivity index (χ0) is 13.3. The van der Waals surface area contributed by atoms with Crippen molar-refractivity contribution in [3.8, 4) is 0 Å². The quantitative estimate of drug-likeness (QED) is 0.866. The molecule has 1 aromatic heterocycles. The van der Waals surface area contributed by atoms with Crippen LogP contribution >= 0.6 is 27.3 Å². The van der Waals surface area contributed by atoms with E-state index in [2.05, 4.69) is 60.3 Å². The Kier molecular flexibility index (Phi) is 4.25. The van der Waals surface area contributed by atoms with Crippen molar-refractivity contribution in [3.63, 3.8) is 0 Å². The molecular formula is C15H17BrOS. The second-order valence-electron chi connectivity index (χ2n) is 4.76. The van der Waals surface area contributed by atoms with Gasteiger partial charge in [0.25, 0.3) is 0 Å². The van der Waals surface area contributed by atoms with Gasteiger partial charge in [0.05, 0.1) is 6.10 Å². The Hall–Kier alpha value is -0.640. The first-order valence-corrected chi connectivity index (χ1v) is 7.63. The van der Waals surface area contributed by atoms with Crippen LogP contribution in [0.4, 0.5) is 0 Å². The number of rotatable bonds is 3. The van der Waals surface area contributed by atoms with E-state index in [0.717, 1.165) is 10.0 Å². The van der Waals surface area contributed by atoms with E-state index in [1.54, 1.807) is 11.3 Å². The van der Waals surface area contributed by atoms with E-state index >= 15 is 0 Å². The molecule has 0 fully saturated rings. The van der Waals surface area contributed by atoms with Gasteiger partial charge >= 0.3 is 0 Å². The minimum atomic E-state index is -0.420. The van der Waals surface area contributed by atoms with Gasteiger partial charge in [-0.2, -0.15) is 0 Å². The largest absolute Gasteiger partial charge is 0.388 e. The van der Waals surface area contributed by atoms with Crippen LogP contribution < -0.4 is 0 Å². The van der Waals surface area contributed by atoms with E-state index in [9.17, 15) is 5.11 Å². The summed E-state index contributed by atoms with van der Waals surface area (Å²) in [5.74, 6) is 0. The van der Waals surface area contributed by atoms with Crippen LogP contribution in [0.25, 0.3) is 0 Å². The molecule has 1 aromatic carbocycles. The Bertz CT molecular complexity index is 536. The van der Waals surface area contributed by atoms with Gasteiger partial charge < -0.3 is 5.11 Å². The number of hydrogen-bond donors (Lipinski definition) is 1. The van der Waals surface area contributed by atoms with Gasteiger partial charge in [-0.05, 0) is 59.5 Å². The Morgan fingerprint density at radius 2 is 1.78 bits per heavy atom. The van der Waals surface area contributed by atoms with E-state index in [1.165, 1.54) is 21.6 Å². The minimum absolute atomic E-state index is 0.420. The molecule has 0 saturated heterocycles. The third-order valence-corrected chi connectivity index (χ3v) is 4.81. The van der Waals surface area contributed by atoms with Crippen molar-refractivity contribution < 1.29 is 5.11 Å². The first-order valence-electron chi connectivity index (χ1n) is 5.96. The molecule has 0 radical (unpaired) electrons. The van der Waals surface area contributed by atoms with E-state index in [4.69, 9.17) is 0 Å². The molecule has 1 atom stereocenters. The maximum atomic E-state index is 10.4. The third-order valence-electron chi connectivity index (χ3n) is 3.09. The second kappa shape index (κ2) is 5.55. The average molecular weight is 325 g/mol. The van der Waals surface area contributed by atoms with Crippen molar-refractivity contribution in [3.05, 3.63) is 55.2 Å². The van der Waals surface area contributed by atoms with Crippen LogP contribution in [0, 0.1) is 20.8 Å². The van der Waals surface area contributed by atoms with Crippen LogP contribution in [0.1, 0.15) is 33.2 Å². The smallest absolute Gasteiger partial charge is 0.0843 e. The zero-order valence-corrected chi connectivity index (χ0v) is 13.2. The first kappa shape index (κ1) is 13.8. The van der Waals surface area contributed by atoms with Crippen molar-refractivity contribution in [2.24, 2.45) is 0 Å². The molecule has 18 heavy (non-hydrogen) atoms. The molecule has 3 heteroatoms. The Labute approximate surface area is 121 Å². The molecule has 1 unspecified atom stereocenters. The predicted octanol–water partition coefficient (Wildman–Crippen LogP) is 4.71. The summed E-state index contributed by atoms with van der Waals surface area (Å²) in [6, 6.07) is 6.35. The van der Waals surface area contributed by atoms with Crippen molar-refractivity contribution in [2.45, 2.75) is 33.3 Å². The van der Waals surface area contributed by atoms with Crippen LogP contribution in [0.3, 0.4) is 0 Å². The van der Waals surface area contributed by atoms with Crippen molar-refractivity contribution in [1.29, 1.82) is 0 Å². The zero-order valence-electron chi connectivity index (χ0n) is 10.8. The van der Waals surface area contributed by atoms with Crippen molar-refractivity contribution >= 4 is 27.3 Å². The van der Waals surface area contributed by atoms with Crippen LogP contribution in [0.5, 0.6) is 0 Å².